The lowest BCUT2D eigenvalue weighted by atomic mass is 10.5. The lowest BCUT2D eigenvalue weighted by molar-refractivity contribution is -0.136. The Balaban J connectivity index is 3.55. The third-order valence-corrected chi connectivity index (χ3v) is 1.50. The first-order chi connectivity index (χ1) is 3.42. The predicted molar refractivity (Wildman–Crippen MR) is 57.0 cm³/mol. The second-order valence-electron chi connectivity index (χ2n) is 1.19. The molecule has 1 N–H and O–H groups in total. The second kappa shape index (κ2) is 3.74. The summed E-state index contributed by atoms with van der Waals surface area (Å²) in [6, 6.07) is 0. The van der Waals surface area contributed by atoms with E-state index in [2.05, 4.69) is 67.8 Å². The minimum Gasteiger partial charge on any atom is -0.481 e. The zero-order chi connectivity index (χ0) is 6.78. The van der Waals surface area contributed by atoms with Crippen LogP contribution in [0.4, 0.5) is 0 Å². The molecular formula is C3H3I3O2. The smallest absolute Gasteiger partial charge is 0.306 e. The molecule has 0 unspecified atom stereocenters. The molecule has 8 heavy (non-hydrogen) atoms. The van der Waals surface area contributed by atoms with E-state index in [9.17, 15) is 4.79 Å². The Morgan fingerprint density at radius 2 is 1.88 bits per heavy atom. The Morgan fingerprint density at radius 3 is 1.88 bits per heavy atom. The van der Waals surface area contributed by atoms with Crippen LogP contribution in [-0.4, -0.2) is 10.5 Å². The average molecular weight is 452 g/mol. The van der Waals surface area contributed by atoms with Crippen LogP contribution < -0.4 is 0 Å². The number of carboxylic acids is 1. The van der Waals surface area contributed by atoms with Crippen LogP contribution in [0.5, 0.6) is 0 Å². The first kappa shape index (κ1) is 9.66. The van der Waals surface area contributed by atoms with Gasteiger partial charge in [-0.05, 0) is 0 Å². The highest BCUT2D eigenvalue weighted by molar-refractivity contribution is 14.3. The van der Waals surface area contributed by atoms with Gasteiger partial charge in [0, 0.05) is 0 Å². The summed E-state index contributed by atoms with van der Waals surface area (Å²) < 4.78 is -0.168. The Morgan fingerprint density at radius 1 is 1.50 bits per heavy atom. The van der Waals surface area contributed by atoms with Gasteiger partial charge in [0.25, 0.3) is 0 Å². The molecule has 0 saturated heterocycles. The van der Waals surface area contributed by atoms with E-state index >= 15 is 0 Å². The zero-order valence-electron chi connectivity index (χ0n) is 3.70. The standard InChI is InChI=1S/C3H3I3O2/c4-3(5,6)1-2(7)8/h1H2,(H,7,8). The summed E-state index contributed by atoms with van der Waals surface area (Å²) in [5, 5.41) is 8.23. The third kappa shape index (κ3) is 7.66. The minimum absolute atomic E-state index is 0.168. The first-order valence-electron chi connectivity index (χ1n) is 1.70. The van der Waals surface area contributed by atoms with Crippen LogP contribution in [0.3, 0.4) is 0 Å². The predicted octanol–water partition coefficient (Wildman–Crippen LogP) is 2.42. The van der Waals surface area contributed by atoms with Gasteiger partial charge in [-0.3, -0.25) is 4.79 Å². The molecule has 0 bridgehead atoms. The summed E-state index contributed by atoms with van der Waals surface area (Å²) in [6.45, 7) is 0. The normalized spacial score (nSPS) is 11.4. The lowest BCUT2D eigenvalue weighted by Gasteiger charge is -2.05. The van der Waals surface area contributed by atoms with Crippen molar-refractivity contribution in [1.29, 1.82) is 0 Å². The van der Waals surface area contributed by atoms with Crippen LogP contribution in [0.25, 0.3) is 0 Å². The van der Waals surface area contributed by atoms with Crippen LogP contribution >= 0.6 is 67.8 Å². The van der Waals surface area contributed by atoms with E-state index in [1.807, 2.05) is 0 Å². The Bertz CT molecular complexity index is 95.2. The fourth-order valence-electron chi connectivity index (χ4n) is 0.171. The van der Waals surface area contributed by atoms with Crippen LogP contribution in [0.15, 0.2) is 0 Å². The third-order valence-electron chi connectivity index (χ3n) is 0.352. The fraction of sp³-hybridized carbons (Fsp3) is 0.667. The highest BCUT2D eigenvalue weighted by Crippen LogP contribution is 2.38. The number of carbonyl (C=O) groups is 1. The number of alkyl halides is 3. The number of carboxylic acid groups (broad SMARTS) is 1. The van der Waals surface area contributed by atoms with E-state index in [-0.39, 0.29) is 5.86 Å². The van der Waals surface area contributed by atoms with Gasteiger partial charge in [0.05, 0.1) is 6.42 Å². The molecule has 0 amide bonds. The molecule has 0 aliphatic carbocycles. The van der Waals surface area contributed by atoms with Gasteiger partial charge in [0.15, 0.2) is 0 Å². The molecule has 0 heterocycles. The van der Waals surface area contributed by atoms with Crippen molar-refractivity contribution >= 4 is 73.7 Å². The molecule has 0 fully saturated rings. The van der Waals surface area contributed by atoms with Gasteiger partial charge in [-0.25, -0.2) is 0 Å². The van der Waals surface area contributed by atoms with Crippen LogP contribution in [0.2, 0.25) is 0 Å². The quantitative estimate of drug-likeness (QED) is 0.517. The molecule has 0 spiro atoms. The van der Waals surface area contributed by atoms with Gasteiger partial charge in [-0.2, -0.15) is 0 Å². The van der Waals surface area contributed by atoms with Crippen LogP contribution in [-0.2, 0) is 4.79 Å². The monoisotopic (exact) mass is 452 g/mol. The first-order valence-corrected chi connectivity index (χ1v) is 4.94. The SMILES string of the molecule is O=C(O)CC(I)(I)I. The van der Waals surface area contributed by atoms with Gasteiger partial charge in [0.1, 0.15) is -0.565 Å². The molecule has 2 nitrogen and oxygen atoms in total. The van der Waals surface area contributed by atoms with Crippen molar-refractivity contribution in [3.63, 3.8) is 0 Å². The van der Waals surface area contributed by atoms with E-state index in [0.717, 1.165) is 0 Å². The Hall–Kier alpha value is 1.66. The summed E-state index contributed by atoms with van der Waals surface area (Å²) >= 11 is 6.25. The van der Waals surface area contributed by atoms with Crippen molar-refractivity contribution in [3.8, 4) is 0 Å². The lowest BCUT2D eigenvalue weighted by Crippen LogP contribution is -2.07. The largest absolute Gasteiger partial charge is 0.481 e. The Labute approximate surface area is 88.2 Å². The highest BCUT2D eigenvalue weighted by Gasteiger charge is 2.20. The summed E-state index contributed by atoms with van der Waals surface area (Å²) in [6.07, 6.45) is 0.203. The summed E-state index contributed by atoms with van der Waals surface area (Å²) in [5.74, 6) is -0.747. The fourth-order valence-corrected chi connectivity index (χ4v) is 1.15. The van der Waals surface area contributed by atoms with Crippen molar-refractivity contribution in [3.05, 3.63) is 0 Å². The molecule has 0 atom stereocenters. The van der Waals surface area contributed by atoms with E-state index in [1.165, 1.54) is 0 Å². The number of halogens is 3. The van der Waals surface area contributed by atoms with Crippen molar-refractivity contribution in [2.45, 2.75) is 5.86 Å². The van der Waals surface area contributed by atoms with Crippen LogP contribution in [0.1, 0.15) is 6.42 Å². The second-order valence-corrected chi connectivity index (χ2v) is 12.9. The molecule has 0 radical (unpaired) electrons. The Kier molecular flexibility index (Phi) is 4.51. The van der Waals surface area contributed by atoms with E-state index in [4.69, 9.17) is 5.11 Å². The van der Waals surface area contributed by atoms with Gasteiger partial charge >= 0.3 is 5.97 Å². The van der Waals surface area contributed by atoms with Gasteiger partial charge in [-0.1, -0.05) is 67.8 Å². The van der Waals surface area contributed by atoms with E-state index < -0.39 is 5.97 Å². The molecule has 0 aromatic rings. The molecule has 0 aliphatic rings. The summed E-state index contributed by atoms with van der Waals surface area (Å²) in [4.78, 5) is 10.0. The average Bonchev–Trinajstić information content (AvgIpc) is 1.21. The van der Waals surface area contributed by atoms with Crippen LogP contribution in [0, 0.1) is 0 Å². The molecule has 0 aliphatic heterocycles. The van der Waals surface area contributed by atoms with Gasteiger partial charge in [-0.15, -0.1) is 0 Å². The number of rotatable bonds is 2. The topological polar surface area (TPSA) is 37.3 Å². The maximum Gasteiger partial charge on any atom is 0.306 e. The molecule has 5 heteroatoms. The molecular weight excluding hydrogens is 449 g/mol. The molecule has 48 valence electrons. The summed E-state index contributed by atoms with van der Waals surface area (Å²) in [7, 11) is 0. The number of aliphatic carboxylic acids is 1. The highest BCUT2D eigenvalue weighted by atomic mass is 127. The molecule has 0 saturated carbocycles. The van der Waals surface area contributed by atoms with Crippen molar-refractivity contribution in [2.24, 2.45) is 0 Å². The molecule has 0 rings (SSSR count). The molecule has 0 aromatic heterocycles. The number of hydrogen-bond donors (Lipinski definition) is 1. The van der Waals surface area contributed by atoms with Gasteiger partial charge < -0.3 is 5.11 Å². The summed E-state index contributed by atoms with van der Waals surface area (Å²) in [5.41, 5.74) is 0. The van der Waals surface area contributed by atoms with Crippen molar-refractivity contribution in [1.82, 2.24) is 0 Å². The van der Waals surface area contributed by atoms with Gasteiger partial charge in [0.2, 0.25) is 0 Å². The van der Waals surface area contributed by atoms with Crippen molar-refractivity contribution < 1.29 is 9.90 Å². The van der Waals surface area contributed by atoms with Crippen molar-refractivity contribution in [2.75, 3.05) is 0 Å². The number of hydrogen-bond acceptors (Lipinski definition) is 1. The minimum atomic E-state index is -0.747. The van der Waals surface area contributed by atoms with E-state index in [0.29, 0.717) is 0 Å². The molecule has 0 aromatic carbocycles. The van der Waals surface area contributed by atoms with E-state index in [1.54, 1.807) is 0 Å². The zero-order valence-corrected chi connectivity index (χ0v) is 10.2. The maximum atomic E-state index is 10.0. The maximum absolute atomic E-state index is 10.0.